The van der Waals surface area contributed by atoms with Crippen LogP contribution in [0.25, 0.3) is 0 Å². The molecule has 0 aliphatic rings. The lowest BCUT2D eigenvalue weighted by atomic mass is 10.0. The fourth-order valence-electron chi connectivity index (χ4n) is 3.84. The quantitative estimate of drug-likeness (QED) is 0.176. The van der Waals surface area contributed by atoms with Gasteiger partial charge in [-0.25, -0.2) is 10.8 Å². The number of rotatable bonds is 8. The summed E-state index contributed by atoms with van der Waals surface area (Å²) in [6, 6.07) is 3.87. The van der Waals surface area contributed by atoms with E-state index in [4.69, 9.17) is 15.3 Å². The minimum Gasteiger partial charge on any atom is -0.497 e. The van der Waals surface area contributed by atoms with E-state index >= 15 is 0 Å². The van der Waals surface area contributed by atoms with Crippen molar-refractivity contribution in [2.75, 3.05) is 14.2 Å². The molecule has 0 aliphatic heterocycles. The third-order valence-corrected chi connectivity index (χ3v) is 5.87. The van der Waals surface area contributed by atoms with Crippen LogP contribution in [-0.2, 0) is 18.9 Å². The van der Waals surface area contributed by atoms with Gasteiger partial charge in [0.1, 0.15) is 11.5 Å². The van der Waals surface area contributed by atoms with Crippen LogP contribution in [0.1, 0.15) is 56.2 Å². The van der Waals surface area contributed by atoms with Crippen LogP contribution in [0.2, 0.25) is 0 Å². The first-order valence-electron chi connectivity index (χ1n) is 11.3. The number of hydrogen-bond acceptors (Lipinski definition) is 7. The van der Waals surface area contributed by atoms with Crippen molar-refractivity contribution in [2.45, 2.75) is 31.9 Å². The second-order valence-electron chi connectivity index (χ2n) is 8.35. The Bertz CT molecular complexity index is 1360. The average Bonchev–Trinajstić information content (AvgIpc) is 2.93. The predicted octanol–water partition coefficient (Wildman–Crippen LogP) is 4.54. The van der Waals surface area contributed by atoms with Crippen LogP contribution < -0.4 is 20.7 Å². The molecule has 40 heavy (non-hydrogen) atoms. The number of amides is 2. The van der Waals surface area contributed by atoms with Gasteiger partial charge >= 0.3 is 12.4 Å². The van der Waals surface area contributed by atoms with Gasteiger partial charge in [-0.2, -0.15) is 26.3 Å². The third kappa shape index (κ3) is 6.59. The molecular formula is C25H23F6N5O4. The van der Waals surface area contributed by atoms with Gasteiger partial charge in [-0.1, -0.05) is 0 Å². The third-order valence-electron chi connectivity index (χ3n) is 5.87. The second-order valence-corrected chi connectivity index (χ2v) is 8.35. The van der Waals surface area contributed by atoms with Crippen molar-refractivity contribution in [1.82, 2.24) is 20.3 Å². The molecule has 0 aliphatic carbocycles. The summed E-state index contributed by atoms with van der Waals surface area (Å²) < 4.78 is 91.6. The van der Waals surface area contributed by atoms with E-state index in [1.54, 1.807) is 0 Å². The summed E-state index contributed by atoms with van der Waals surface area (Å²) in [5, 5.41) is 0. The smallest absolute Gasteiger partial charge is 0.416 e. The topological polar surface area (TPSA) is 120 Å². The van der Waals surface area contributed by atoms with E-state index in [1.165, 1.54) is 51.7 Å². The Morgan fingerprint density at radius 2 is 1.55 bits per heavy atom. The molecule has 1 heterocycles. The van der Waals surface area contributed by atoms with Crippen molar-refractivity contribution in [3.8, 4) is 11.5 Å². The van der Waals surface area contributed by atoms with Crippen molar-refractivity contribution in [3.63, 3.8) is 0 Å². The van der Waals surface area contributed by atoms with E-state index in [0.29, 0.717) is 23.4 Å². The lowest BCUT2D eigenvalue weighted by Crippen LogP contribution is -2.37. The number of hydrazine groups is 1. The van der Waals surface area contributed by atoms with Crippen molar-refractivity contribution in [2.24, 2.45) is 5.84 Å². The van der Waals surface area contributed by atoms with E-state index in [1.807, 2.05) is 5.43 Å². The van der Waals surface area contributed by atoms with Gasteiger partial charge in [-0.3, -0.25) is 20.0 Å². The second kappa shape index (κ2) is 11.8. The van der Waals surface area contributed by atoms with Gasteiger partial charge in [0.05, 0.1) is 43.6 Å². The van der Waals surface area contributed by atoms with E-state index < -0.39 is 46.9 Å². The number of aromatic nitrogens is 2. The Labute approximate surface area is 223 Å². The van der Waals surface area contributed by atoms with Gasteiger partial charge in [-0.15, -0.1) is 0 Å². The standard InChI is InChI=1S/C25H23F6N5O4/c1-13(20-21(22(37)35-32)34-7-6-33-20)36(12-14-4-5-18(39-2)11-19(14)40-3)23(38)15-8-16(24(26,27)28)10-17(9-15)25(29,30)31/h4-11,13H,12,32H2,1-3H3,(H,35,37). The fourth-order valence-corrected chi connectivity index (χ4v) is 3.84. The first-order chi connectivity index (χ1) is 18.7. The van der Waals surface area contributed by atoms with Gasteiger partial charge < -0.3 is 14.4 Å². The highest BCUT2D eigenvalue weighted by molar-refractivity contribution is 5.96. The van der Waals surface area contributed by atoms with E-state index in [-0.39, 0.29) is 29.7 Å². The van der Waals surface area contributed by atoms with E-state index in [2.05, 4.69) is 9.97 Å². The zero-order valence-electron chi connectivity index (χ0n) is 21.2. The highest BCUT2D eigenvalue weighted by atomic mass is 19.4. The number of nitrogens with one attached hydrogen (secondary N) is 1. The number of alkyl halides is 6. The number of nitrogen functional groups attached to an aromatic ring is 1. The molecule has 0 saturated carbocycles. The molecule has 214 valence electrons. The highest BCUT2D eigenvalue weighted by Crippen LogP contribution is 2.38. The Balaban J connectivity index is 2.22. The normalized spacial score (nSPS) is 12.4. The molecule has 3 aromatic rings. The van der Waals surface area contributed by atoms with Crippen LogP contribution in [0, 0.1) is 0 Å². The molecular weight excluding hydrogens is 548 g/mol. The van der Waals surface area contributed by atoms with Crippen molar-refractivity contribution in [1.29, 1.82) is 0 Å². The average molecular weight is 571 g/mol. The lowest BCUT2D eigenvalue weighted by molar-refractivity contribution is -0.143. The fraction of sp³-hybridized carbons (Fsp3) is 0.280. The Kier molecular flexibility index (Phi) is 8.87. The molecule has 3 rings (SSSR count). The summed E-state index contributed by atoms with van der Waals surface area (Å²) in [7, 11) is 2.72. The number of nitrogens with zero attached hydrogens (tertiary/aromatic N) is 3. The number of halogens is 6. The molecule has 1 unspecified atom stereocenters. The van der Waals surface area contributed by atoms with E-state index in [9.17, 15) is 35.9 Å². The van der Waals surface area contributed by atoms with Gasteiger partial charge in [-0.05, 0) is 37.3 Å². The number of ether oxygens (including phenoxy) is 2. The summed E-state index contributed by atoms with van der Waals surface area (Å²) in [5.74, 6) is 3.71. The minimum absolute atomic E-state index is 0.0799. The van der Waals surface area contributed by atoms with Gasteiger partial charge in [0.15, 0.2) is 5.69 Å². The molecule has 9 nitrogen and oxygen atoms in total. The molecule has 1 atom stereocenters. The first-order valence-corrected chi connectivity index (χ1v) is 11.3. The molecule has 15 heteroatoms. The molecule has 3 N–H and O–H groups in total. The number of carbonyl (C=O) groups is 2. The molecule has 0 bridgehead atoms. The Hall–Kier alpha value is -4.40. The van der Waals surface area contributed by atoms with Crippen molar-refractivity contribution < 1.29 is 45.4 Å². The van der Waals surface area contributed by atoms with Gasteiger partial charge in [0.2, 0.25) is 0 Å². The maximum Gasteiger partial charge on any atom is 0.416 e. The number of carbonyl (C=O) groups excluding carboxylic acids is 2. The maximum absolute atomic E-state index is 13.7. The number of methoxy groups -OCH3 is 2. The minimum atomic E-state index is -5.18. The first kappa shape index (κ1) is 30.1. The largest absolute Gasteiger partial charge is 0.497 e. The zero-order valence-corrected chi connectivity index (χ0v) is 21.2. The monoisotopic (exact) mass is 571 g/mol. The zero-order chi connectivity index (χ0) is 29.8. The van der Waals surface area contributed by atoms with Gasteiger partial charge in [0, 0.05) is 29.6 Å². The number of hydrogen-bond donors (Lipinski definition) is 2. The van der Waals surface area contributed by atoms with Crippen LogP contribution in [-0.4, -0.2) is 40.9 Å². The molecule has 1 aromatic heterocycles. The number of benzene rings is 2. The van der Waals surface area contributed by atoms with Gasteiger partial charge in [0.25, 0.3) is 11.8 Å². The van der Waals surface area contributed by atoms with Crippen molar-refractivity contribution >= 4 is 11.8 Å². The SMILES string of the molecule is COc1ccc(CN(C(=O)c2cc(C(F)(F)F)cc(C(F)(F)F)c2)C(C)c2nccnc2C(=O)NN)c(OC)c1. The maximum atomic E-state index is 13.7. The van der Waals surface area contributed by atoms with Crippen molar-refractivity contribution in [3.05, 3.63) is 82.4 Å². The van der Waals surface area contributed by atoms with Crippen LogP contribution in [0.3, 0.4) is 0 Å². The summed E-state index contributed by atoms with van der Waals surface area (Å²) in [6.45, 7) is 0.995. The van der Waals surface area contributed by atoms with Crippen LogP contribution in [0.15, 0.2) is 48.8 Å². The summed E-state index contributed by atoms with van der Waals surface area (Å²) in [5.41, 5.74) is -2.45. The molecule has 0 saturated heterocycles. The van der Waals surface area contributed by atoms with Crippen LogP contribution in [0.5, 0.6) is 11.5 Å². The lowest BCUT2D eigenvalue weighted by Gasteiger charge is -2.31. The Morgan fingerprint density at radius 1 is 0.950 bits per heavy atom. The highest BCUT2D eigenvalue weighted by Gasteiger charge is 2.38. The molecule has 2 aromatic carbocycles. The molecule has 0 fully saturated rings. The predicted molar refractivity (Wildman–Crippen MR) is 128 cm³/mol. The number of nitrogens with two attached hydrogens (primary N) is 1. The summed E-state index contributed by atoms with van der Waals surface area (Å²) in [4.78, 5) is 35.0. The summed E-state index contributed by atoms with van der Waals surface area (Å²) in [6.07, 6.45) is -7.99. The molecule has 0 radical (unpaired) electrons. The van der Waals surface area contributed by atoms with Crippen LogP contribution in [0.4, 0.5) is 26.3 Å². The van der Waals surface area contributed by atoms with E-state index in [0.717, 1.165) is 4.90 Å². The Morgan fingerprint density at radius 3 is 2.08 bits per heavy atom. The molecule has 0 spiro atoms. The molecule has 2 amide bonds. The van der Waals surface area contributed by atoms with Crippen LogP contribution >= 0.6 is 0 Å². The summed E-state index contributed by atoms with van der Waals surface area (Å²) >= 11 is 0.